The molecule has 0 bridgehead atoms. The number of ether oxygens (including phenoxy) is 8. The number of carbonyl (C=O) groups excluding carboxylic acids is 4. The van der Waals surface area contributed by atoms with Gasteiger partial charge in [-0.2, -0.15) is 10.2 Å². The van der Waals surface area contributed by atoms with Crippen LogP contribution in [0.1, 0.15) is 208 Å². The minimum absolute atomic E-state index is 0.0333. The maximum Gasteiger partial charge on any atom is 0.488 e. The first-order valence-electron chi connectivity index (χ1n) is 45.8. The molecule has 0 unspecified atom stereocenters. The minimum Gasteiger partial charge on any atom is -0.461 e. The number of esters is 2. The van der Waals surface area contributed by atoms with Crippen LogP contribution in [0.4, 0.5) is 27.0 Å². The van der Waals surface area contributed by atoms with Gasteiger partial charge in [-0.25, -0.2) is 59.0 Å². The lowest BCUT2D eigenvalue weighted by molar-refractivity contribution is 0.0424. The molecular formula is C92H135BBr3ClN20O17. The predicted octanol–water partition coefficient (Wildman–Crippen LogP) is 11.1. The van der Waals surface area contributed by atoms with Crippen molar-refractivity contribution in [3.63, 3.8) is 0 Å². The Bertz CT molecular complexity index is 5310. The molecule has 16 rings (SSSR count). The Morgan fingerprint density at radius 3 is 1.32 bits per heavy atom. The van der Waals surface area contributed by atoms with Gasteiger partial charge in [0.25, 0.3) is 0 Å². The highest BCUT2D eigenvalue weighted by Crippen LogP contribution is 2.47. The number of nitrogens with zero attached hydrogens (tertiary/aromatic N) is 13. The average molecular weight is 2080 g/mol. The van der Waals surface area contributed by atoms with Crippen molar-refractivity contribution in [3.8, 4) is 11.3 Å². The number of hydrogen-bond donors (Lipinski definition) is 12. The van der Waals surface area contributed by atoms with Gasteiger partial charge in [0.05, 0.1) is 129 Å². The number of aliphatic hydroxyl groups excluding tert-OH is 3. The molecular weight excluding hydrogens is 1940 g/mol. The number of alkyl carbamates (subject to hydrolysis) is 2. The molecule has 14 heterocycles. The zero-order valence-electron chi connectivity index (χ0n) is 80.5. The summed E-state index contributed by atoms with van der Waals surface area (Å²) in [4.78, 5) is 90.8. The van der Waals surface area contributed by atoms with Crippen LogP contribution in [0.25, 0.3) is 33.1 Å². The van der Waals surface area contributed by atoms with E-state index in [0.717, 1.165) is 158 Å². The Morgan fingerprint density at radius 1 is 0.515 bits per heavy atom. The van der Waals surface area contributed by atoms with E-state index < -0.39 is 42.4 Å². The van der Waals surface area contributed by atoms with Gasteiger partial charge >= 0.3 is 31.2 Å². The van der Waals surface area contributed by atoms with Crippen LogP contribution >= 0.6 is 59.4 Å². The van der Waals surface area contributed by atoms with Crippen molar-refractivity contribution in [2.45, 2.75) is 256 Å². The van der Waals surface area contributed by atoms with Crippen molar-refractivity contribution < 1.29 is 82.4 Å². The SMILES string of the molecule is CCO.CCOC(=O)c1nc(Br)c(C)nc1Cl.CCOC(=O)c1nc(Br)c(C)nc1N1CCC2(CC1)CO[C@@H](C)[C@H]2NC(=O)OC(C)(C)C.C[C@@H]1OCC2(CCNCC2)[C@@H]1N.Cc1[nH]nc2cc(B(O)O)ccc12.Cc1nc(N2CCC3(CC2)CO[C@@H](C)[C@H]3N)c(CO)nc1-c1ccc2c(C)[nH]nc2c1.Cc1nc(N2CCC3(CC2)CO[C@@H](C)[C@H]3NC(=O)OC(C)(C)C)c(CO)nc1Br. The number of nitrogens with one attached hydrogen (secondary N) is 5. The number of H-pyrrole nitrogens is 2. The molecule has 42 heteroatoms. The number of aromatic amines is 2. The van der Waals surface area contributed by atoms with E-state index in [1.807, 2.05) is 108 Å². The van der Waals surface area contributed by atoms with Crippen molar-refractivity contribution in [1.82, 2.24) is 76.2 Å². The highest BCUT2D eigenvalue weighted by molar-refractivity contribution is 9.11. The number of rotatable bonds is 13. The van der Waals surface area contributed by atoms with Crippen LogP contribution in [0.3, 0.4) is 0 Å². The van der Waals surface area contributed by atoms with Crippen molar-refractivity contribution >= 4 is 135 Å². The predicted molar refractivity (Wildman–Crippen MR) is 522 cm³/mol. The van der Waals surface area contributed by atoms with Crippen LogP contribution in [0.15, 0.2) is 50.2 Å². The normalized spacial score (nSPS) is 21.8. The molecule has 8 aromatic rings. The van der Waals surface area contributed by atoms with E-state index in [1.54, 1.807) is 39.8 Å². The first kappa shape index (κ1) is 108. The number of aromatic nitrogens is 12. The fourth-order valence-corrected chi connectivity index (χ4v) is 19.2. The van der Waals surface area contributed by atoms with Gasteiger partial charge in [0.15, 0.2) is 34.0 Å². The fourth-order valence-electron chi connectivity index (χ4n) is 18.2. The molecule has 8 aliphatic heterocycles. The molecule has 6 aromatic heterocycles. The van der Waals surface area contributed by atoms with Gasteiger partial charge < -0.3 is 105 Å². The van der Waals surface area contributed by atoms with Crippen LogP contribution in [-0.4, -0.2) is 275 Å². The molecule has 8 aliphatic rings. The Morgan fingerprint density at radius 2 is 0.888 bits per heavy atom. The number of benzene rings is 2. The zero-order chi connectivity index (χ0) is 98.3. The Kier molecular flexibility index (Phi) is 37.9. The summed E-state index contributed by atoms with van der Waals surface area (Å²) in [5.74, 6) is 0.981. The molecule has 0 aliphatic carbocycles. The van der Waals surface area contributed by atoms with E-state index in [4.69, 9.17) is 86.1 Å². The smallest absolute Gasteiger partial charge is 0.461 e. The van der Waals surface area contributed by atoms with E-state index in [-0.39, 0.29) is 114 Å². The summed E-state index contributed by atoms with van der Waals surface area (Å²) < 4.78 is 45.9. The third kappa shape index (κ3) is 26.5. The third-order valence-corrected chi connectivity index (χ3v) is 28.3. The lowest BCUT2D eigenvalue weighted by atomic mass is 9.73. The van der Waals surface area contributed by atoms with Gasteiger partial charge in [0.1, 0.15) is 36.4 Å². The van der Waals surface area contributed by atoms with Crippen LogP contribution in [0, 0.1) is 63.2 Å². The lowest BCUT2D eigenvalue weighted by Gasteiger charge is -2.43. The first-order valence-corrected chi connectivity index (χ1v) is 48.6. The summed E-state index contributed by atoms with van der Waals surface area (Å²) in [7, 11) is -1.43. The van der Waals surface area contributed by atoms with E-state index in [2.05, 4.69) is 149 Å². The van der Waals surface area contributed by atoms with Crippen LogP contribution in [0.2, 0.25) is 5.15 Å². The van der Waals surface area contributed by atoms with E-state index in [0.29, 0.717) is 79.6 Å². The van der Waals surface area contributed by atoms with Gasteiger partial charge in [-0.3, -0.25) is 10.2 Å². The summed E-state index contributed by atoms with van der Waals surface area (Å²) >= 11 is 15.6. The molecule has 736 valence electrons. The topological polar surface area (TPSA) is 502 Å². The van der Waals surface area contributed by atoms with Crippen LogP contribution < -0.4 is 47.6 Å². The lowest BCUT2D eigenvalue weighted by Crippen LogP contribution is -2.55. The number of carbonyl (C=O) groups is 4. The van der Waals surface area contributed by atoms with E-state index in [9.17, 15) is 29.4 Å². The highest BCUT2D eigenvalue weighted by Gasteiger charge is 2.54. The number of hydrogen-bond acceptors (Lipinski definition) is 33. The molecule has 8 atom stereocenters. The van der Waals surface area contributed by atoms with Crippen molar-refractivity contribution in [2.24, 2.45) is 33.1 Å². The summed E-state index contributed by atoms with van der Waals surface area (Å²) in [6, 6.07) is 11.3. The maximum atomic E-state index is 12.5. The fraction of sp³-hybridized carbons (Fsp3) is 0.630. The molecule has 2 amide bonds. The summed E-state index contributed by atoms with van der Waals surface area (Å²) in [6.07, 6.45) is 6.86. The molecule has 8 fully saturated rings. The molecule has 134 heavy (non-hydrogen) atoms. The second-order valence-electron chi connectivity index (χ2n) is 37.5. The Balaban J connectivity index is 0.000000172. The molecule has 0 saturated carbocycles. The number of amides is 2. The van der Waals surface area contributed by atoms with Crippen molar-refractivity contribution in [3.05, 3.63) is 112 Å². The highest BCUT2D eigenvalue weighted by atomic mass is 79.9. The summed E-state index contributed by atoms with van der Waals surface area (Å²) in [6.45, 7) is 45.7. The monoisotopic (exact) mass is 2070 g/mol. The molecule has 8 saturated heterocycles. The van der Waals surface area contributed by atoms with Gasteiger partial charge in [0, 0.05) is 107 Å². The quantitative estimate of drug-likeness (QED) is 0.0290. The molecule has 0 radical (unpaired) electrons. The second kappa shape index (κ2) is 47.0. The number of fused-ring (bicyclic) bond motifs is 2. The van der Waals surface area contributed by atoms with Crippen molar-refractivity contribution in [1.29, 1.82) is 0 Å². The number of aliphatic hydroxyl groups is 3. The number of nitrogens with two attached hydrogens (primary N) is 2. The molecule has 14 N–H and O–H groups in total. The minimum atomic E-state index is -1.43. The number of halogens is 4. The third-order valence-electron chi connectivity index (χ3n) is 25.8. The average Bonchev–Trinajstić information content (AvgIpc) is 1.49. The zero-order valence-corrected chi connectivity index (χ0v) is 86.0. The van der Waals surface area contributed by atoms with Crippen LogP contribution in [-0.2, 0) is 51.1 Å². The summed E-state index contributed by atoms with van der Waals surface area (Å²) in [5, 5.41) is 71.0. The number of piperidine rings is 4. The van der Waals surface area contributed by atoms with Crippen LogP contribution in [0.5, 0.6) is 0 Å². The van der Waals surface area contributed by atoms with Crippen molar-refractivity contribution in [2.75, 3.05) is 113 Å². The molecule has 37 nitrogen and oxygen atoms in total. The van der Waals surface area contributed by atoms with Gasteiger partial charge in [-0.05, 0) is 261 Å². The molecule has 2 aromatic carbocycles. The first-order chi connectivity index (χ1) is 63.3. The summed E-state index contributed by atoms with van der Waals surface area (Å²) in [5.41, 5.74) is 21.7. The Labute approximate surface area is 814 Å². The largest absolute Gasteiger partial charge is 0.488 e. The molecule has 4 spiro atoms. The Hall–Kier alpha value is -8.11. The standard InChI is InChI=1S/C23H30N6O2.C22H33BrN4O5.C20H31BrN4O4.C9H18N2O.C8H9BN2O2.C8H8BrClN2O2.C2H6O/c1-13-17-5-4-16(10-18(17)28-27-13)20-14(2)25-22(19(11-30)26-20)29-8-6-23(7-9-29)12-31-15(3)21(23)24;1-7-30-19(28)15-18(24-13(2)17(23)25-15)27-10-8-22(9-11-27)12-31-14(3)16(22)26-20(29)32-21(4,5)6;1-12-16(21)23-14(10-26)17(22-12)25-8-6-20(7-9-25)11-28-13(2)15(20)24-18(27)29-19(3,4)5;1-7-8(10)9(6-12-7)2-4-11-5-3-9;1-5-7-3-2-6(9(12)13)4-8(7)11-10-5;1-3-14-8(13)5-7(10)11-4(2)6(9)12-5;1-2-3/h4-5,10,15,21,30H,6-9,11-12,24H2,1-3H3,(H,27,28);14,16H,7-12H2,1-6H3,(H,26,29);13,15,26H,6-11H2,1-5H3,(H,24,27);7-8,11H,2-6,10H2,1H3;2-4,12-13H,1H3,(H,10,11);3H2,1-2H3;3H,2H2,1H3/t15-,21+;14-,16+;13-,15+;7-,8+;;;/m0000.../s1. The maximum absolute atomic E-state index is 12.5. The van der Waals surface area contributed by atoms with E-state index in [1.165, 1.54) is 12.8 Å². The second-order valence-corrected chi connectivity index (χ2v) is 40.1. The van der Waals surface area contributed by atoms with Gasteiger partial charge in [-0.1, -0.05) is 35.9 Å². The van der Waals surface area contributed by atoms with Gasteiger partial charge in [-0.15, -0.1) is 0 Å². The van der Waals surface area contributed by atoms with Gasteiger partial charge in [0.2, 0.25) is 0 Å². The van der Waals surface area contributed by atoms with E-state index >= 15 is 0 Å². The number of aryl methyl sites for hydroxylation is 6. The number of anilines is 3.